The van der Waals surface area contributed by atoms with Gasteiger partial charge in [0.2, 0.25) is 11.9 Å². The zero-order valence-corrected chi connectivity index (χ0v) is 39.0. The Labute approximate surface area is 375 Å². The van der Waals surface area contributed by atoms with Crippen molar-refractivity contribution in [3.63, 3.8) is 0 Å². The maximum Gasteiger partial charge on any atom is 0.324 e. The maximum atomic E-state index is 11.6. The maximum absolute atomic E-state index is 11.6. The fourth-order valence-electron chi connectivity index (χ4n) is 6.41. The van der Waals surface area contributed by atoms with Gasteiger partial charge in [-0.3, -0.25) is 9.11 Å². The lowest BCUT2D eigenvalue weighted by atomic mass is 10.0. The molecule has 3 heterocycles. The summed E-state index contributed by atoms with van der Waals surface area (Å²) >= 11 is 2.62. The Hall–Kier alpha value is -5.26. The first-order valence-corrected chi connectivity index (χ1v) is 24.9. The Kier molecular flexibility index (Phi) is 15.7. The highest BCUT2D eigenvalue weighted by molar-refractivity contribution is 7.99. The molecule has 1 aliphatic rings. The van der Waals surface area contributed by atoms with Crippen LogP contribution in [0.4, 0.5) is 56.3 Å². The molecule has 6 rings (SSSR count). The number of anilines is 6. The summed E-state index contributed by atoms with van der Waals surface area (Å²) in [6.45, 7) is 10.6. The number of thioether (sulfide) groups is 1. The van der Waals surface area contributed by atoms with Gasteiger partial charge < -0.3 is 29.9 Å². The number of methoxy groups -OCH3 is 2. The van der Waals surface area contributed by atoms with Gasteiger partial charge in [-0.05, 0) is 52.7 Å². The number of benzene rings is 2. The number of nitrogens with one attached hydrogen (secondary N) is 2. The third-order valence-corrected chi connectivity index (χ3v) is 14.7. The van der Waals surface area contributed by atoms with Gasteiger partial charge in [0.25, 0.3) is 18.9 Å². The lowest BCUT2D eigenvalue weighted by molar-refractivity contribution is 0.414. The third-order valence-electron chi connectivity index (χ3n) is 9.45. The predicted molar refractivity (Wildman–Crippen MR) is 240 cm³/mol. The standard InChI is InChI=1S/C35H45N15O8S5/c1-7-49(8-2)25-16-21(23(18-27(25)57-5)41-43-32-45-47-34(60-32)62(51,52)53)36-29-38-30(40-31(39-29)59-20-14-12-11-13-15-20)37-22-17-26(50(9-3)10-4)28(58-6)19-24(22)42-44-33-46-48-35(61-33)63(54,55)56/h16-20H,7-15H2,1-6H3,(H,51,52,53)(H,54,55,56)(H2,36,37,38,39,40). The van der Waals surface area contributed by atoms with E-state index < -0.39 is 28.9 Å². The first-order valence-electron chi connectivity index (χ1n) is 19.5. The van der Waals surface area contributed by atoms with Crippen LogP contribution in [0.15, 0.2) is 58.6 Å². The summed E-state index contributed by atoms with van der Waals surface area (Å²) < 4.78 is 75.7. The molecule has 28 heteroatoms. The van der Waals surface area contributed by atoms with E-state index in [0.29, 0.717) is 76.9 Å². The Morgan fingerprint density at radius 1 is 0.667 bits per heavy atom. The van der Waals surface area contributed by atoms with E-state index in [0.717, 1.165) is 43.5 Å². The van der Waals surface area contributed by atoms with E-state index in [1.165, 1.54) is 26.0 Å². The number of azo groups is 2. The van der Waals surface area contributed by atoms with Gasteiger partial charge in [0.05, 0.1) is 37.0 Å². The minimum Gasteiger partial charge on any atom is -0.494 e. The van der Waals surface area contributed by atoms with E-state index in [1.807, 2.05) is 39.8 Å². The summed E-state index contributed by atoms with van der Waals surface area (Å²) in [6, 6.07) is 6.94. The van der Waals surface area contributed by atoms with Crippen molar-refractivity contribution in [3.8, 4) is 11.5 Å². The lowest BCUT2D eigenvalue weighted by Crippen LogP contribution is -2.22. The molecule has 0 atom stereocenters. The zero-order valence-electron chi connectivity index (χ0n) is 34.9. The zero-order chi connectivity index (χ0) is 45.3. The van der Waals surface area contributed by atoms with Gasteiger partial charge >= 0.3 is 20.2 Å². The molecule has 1 saturated carbocycles. The number of nitrogens with zero attached hydrogens (tertiary/aromatic N) is 13. The molecule has 0 saturated heterocycles. The highest BCUT2D eigenvalue weighted by Gasteiger charge is 2.23. The fraction of sp³-hybridized carbons (Fsp3) is 0.457. The molecule has 1 aliphatic carbocycles. The highest BCUT2D eigenvalue weighted by atomic mass is 32.3. The van der Waals surface area contributed by atoms with Crippen molar-refractivity contribution in [1.29, 1.82) is 0 Å². The fourth-order valence-corrected chi connectivity index (χ4v) is 9.94. The molecule has 0 amide bonds. The second-order valence-corrected chi connectivity index (χ2v) is 19.7. The quantitative estimate of drug-likeness (QED) is 0.0419. The van der Waals surface area contributed by atoms with Crippen molar-refractivity contribution in [1.82, 2.24) is 35.3 Å². The number of hydrogen-bond acceptors (Lipinski definition) is 24. The van der Waals surface area contributed by atoms with E-state index in [4.69, 9.17) is 24.4 Å². The average molecular weight is 964 g/mol. The van der Waals surface area contributed by atoms with E-state index >= 15 is 0 Å². The van der Waals surface area contributed by atoms with Crippen LogP contribution in [-0.2, 0) is 20.2 Å². The molecule has 0 spiro atoms. The minimum atomic E-state index is -4.60. The Morgan fingerprint density at radius 2 is 1.10 bits per heavy atom. The van der Waals surface area contributed by atoms with Crippen molar-refractivity contribution in [2.75, 3.05) is 60.8 Å². The monoisotopic (exact) mass is 963 g/mol. The smallest absolute Gasteiger partial charge is 0.324 e. The van der Waals surface area contributed by atoms with Crippen molar-refractivity contribution >= 4 is 111 Å². The van der Waals surface area contributed by atoms with Crippen LogP contribution in [0, 0.1) is 0 Å². The topological polar surface area (TPSA) is 297 Å². The Balaban J connectivity index is 1.47. The molecule has 5 aromatic rings. The number of ether oxygens (including phenoxy) is 2. The molecular weight excluding hydrogens is 919 g/mol. The van der Waals surface area contributed by atoms with Crippen molar-refractivity contribution in [2.24, 2.45) is 20.5 Å². The second-order valence-electron chi connectivity index (χ2n) is 13.4. The van der Waals surface area contributed by atoms with Crippen LogP contribution >= 0.6 is 34.4 Å². The van der Waals surface area contributed by atoms with Crippen LogP contribution in [0.1, 0.15) is 59.8 Å². The summed E-state index contributed by atoms with van der Waals surface area (Å²) in [7, 11) is -6.14. The normalized spacial score (nSPS) is 13.8. The second kappa shape index (κ2) is 20.9. The van der Waals surface area contributed by atoms with Gasteiger partial charge in [-0.2, -0.15) is 31.8 Å². The van der Waals surface area contributed by atoms with E-state index in [9.17, 15) is 25.9 Å². The van der Waals surface area contributed by atoms with Crippen molar-refractivity contribution < 1.29 is 35.4 Å². The molecule has 0 unspecified atom stereocenters. The van der Waals surface area contributed by atoms with Crippen LogP contribution in [0.2, 0.25) is 0 Å². The lowest BCUT2D eigenvalue weighted by Gasteiger charge is -2.25. The largest absolute Gasteiger partial charge is 0.494 e. The number of aromatic nitrogens is 7. The van der Waals surface area contributed by atoms with Crippen LogP contribution in [0.3, 0.4) is 0 Å². The number of hydrogen-bond donors (Lipinski definition) is 4. The summed E-state index contributed by atoms with van der Waals surface area (Å²) in [4.78, 5) is 18.6. The van der Waals surface area contributed by atoms with Crippen LogP contribution in [0.25, 0.3) is 0 Å². The van der Waals surface area contributed by atoms with E-state index in [2.05, 4.69) is 61.3 Å². The third kappa shape index (κ3) is 12.1. The summed E-state index contributed by atoms with van der Waals surface area (Å²) in [6.07, 6.45) is 5.31. The average Bonchev–Trinajstić information content (AvgIpc) is 3.96. The number of rotatable bonds is 20. The molecule has 338 valence electrons. The van der Waals surface area contributed by atoms with E-state index in [1.54, 1.807) is 12.1 Å². The van der Waals surface area contributed by atoms with Gasteiger partial charge in [0, 0.05) is 43.6 Å². The van der Waals surface area contributed by atoms with Crippen LogP contribution in [-0.4, -0.2) is 107 Å². The summed E-state index contributed by atoms with van der Waals surface area (Å²) in [5, 5.41) is 38.5. The SMILES string of the molecule is CCN(CC)c1cc(Nc2nc(Nc3cc(N(CC)CC)c(OC)cc3N=Nc3nnc(S(=O)(=O)O)s3)nc(SC3CCCCC3)n2)c(N=Nc2nnc(S(=O)(=O)O)s2)cc1OC. The molecule has 3 aromatic heterocycles. The van der Waals surface area contributed by atoms with Gasteiger partial charge in [0.15, 0.2) is 5.16 Å². The molecule has 0 radical (unpaired) electrons. The molecular formula is C35H45N15O8S5. The molecule has 23 nitrogen and oxygen atoms in total. The molecule has 1 fully saturated rings. The van der Waals surface area contributed by atoms with Gasteiger partial charge in [-0.1, -0.05) is 53.7 Å². The van der Waals surface area contributed by atoms with Crippen LogP contribution in [0.5, 0.6) is 11.5 Å². The molecule has 0 bridgehead atoms. The molecule has 2 aromatic carbocycles. The Morgan fingerprint density at radius 3 is 1.46 bits per heavy atom. The molecule has 4 N–H and O–H groups in total. The van der Waals surface area contributed by atoms with Gasteiger partial charge in [-0.15, -0.1) is 40.9 Å². The van der Waals surface area contributed by atoms with Crippen molar-refractivity contribution in [3.05, 3.63) is 24.3 Å². The minimum absolute atomic E-state index is 0.125. The van der Waals surface area contributed by atoms with Crippen LogP contribution < -0.4 is 29.9 Å². The van der Waals surface area contributed by atoms with Gasteiger partial charge in [0.1, 0.15) is 22.9 Å². The van der Waals surface area contributed by atoms with E-state index in [-0.39, 0.29) is 38.8 Å². The highest BCUT2D eigenvalue weighted by Crippen LogP contribution is 2.43. The Bertz CT molecular complexity index is 2500. The van der Waals surface area contributed by atoms with Crippen molar-refractivity contribution in [2.45, 2.75) is 78.9 Å². The first-order chi connectivity index (χ1) is 30.1. The molecule has 63 heavy (non-hydrogen) atoms. The molecule has 0 aliphatic heterocycles. The summed E-state index contributed by atoms with van der Waals surface area (Å²) in [5.74, 6) is 1.23. The first kappa shape index (κ1) is 47.2. The summed E-state index contributed by atoms with van der Waals surface area (Å²) in [5.41, 5.74) is 2.76. The predicted octanol–water partition coefficient (Wildman–Crippen LogP) is 8.52. The van der Waals surface area contributed by atoms with Gasteiger partial charge in [-0.25, -0.2) is 0 Å².